The molecule has 0 bridgehead atoms. The topological polar surface area (TPSA) is 240 Å². The molecule has 2 unspecified atom stereocenters. The minimum Gasteiger partial charge on any atom is -0.481 e. The average molecular weight is 551 g/mol. The second kappa shape index (κ2) is 16.8. The molecule has 1 rings (SSSR count). The fourth-order valence-corrected chi connectivity index (χ4v) is 4.36. The Morgan fingerprint density at radius 2 is 0.921 bits per heavy atom. The van der Waals surface area contributed by atoms with Gasteiger partial charge in [0.25, 0.3) is 0 Å². The quantitative estimate of drug-likeness (QED) is 0.108. The highest BCUT2D eigenvalue weighted by atomic mass is 16.5. The summed E-state index contributed by atoms with van der Waals surface area (Å²) in [5, 5.41) is 66.0. The van der Waals surface area contributed by atoms with Gasteiger partial charge in [0.05, 0.1) is 6.54 Å². The number of hydrogen-bond acceptors (Lipinski definition) is 11. The standard InChI is InChI=1S/C22H38N4O12/c27-17(28)3-1-15(21(35)36)25-9-7-23(13-19(31)32)5-6-24(14-20(33)34)8-10-26(12-11-25)16(22(37)38)2-4-18(29)30/h15-16,19,31-32H,1-14H2,(H,27,28)(H,29,30)(H,33,34)(H,35,36)(H,37,38). The number of nitrogens with zero attached hydrogens (tertiary/aromatic N) is 4. The highest BCUT2D eigenvalue weighted by Crippen LogP contribution is 2.14. The number of carboxylic acids is 5. The lowest BCUT2D eigenvalue weighted by atomic mass is 10.1. The third-order valence-corrected chi connectivity index (χ3v) is 6.31. The summed E-state index contributed by atoms with van der Waals surface area (Å²) in [5.74, 6) is -6.04. The first-order chi connectivity index (χ1) is 17.8. The molecule has 0 spiro atoms. The maximum Gasteiger partial charge on any atom is 0.320 e. The molecule has 16 heteroatoms. The van der Waals surface area contributed by atoms with Gasteiger partial charge in [-0.2, -0.15) is 0 Å². The molecular formula is C22H38N4O12. The third-order valence-electron chi connectivity index (χ3n) is 6.31. The van der Waals surface area contributed by atoms with Gasteiger partial charge >= 0.3 is 29.8 Å². The SMILES string of the molecule is O=C(O)CCC(C(=O)O)N1CCN(CC(=O)O)CCN(CC(O)O)CCN(C(CCC(=O)O)C(=O)O)CC1. The van der Waals surface area contributed by atoms with Crippen LogP contribution in [-0.4, -0.2) is 169 Å². The van der Waals surface area contributed by atoms with Crippen LogP contribution >= 0.6 is 0 Å². The van der Waals surface area contributed by atoms with E-state index in [2.05, 4.69) is 0 Å². The van der Waals surface area contributed by atoms with Crippen LogP contribution < -0.4 is 0 Å². The van der Waals surface area contributed by atoms with E-state index in [-0.39, 0.29) is 78.3 Å². The Labute approximate surface area is 219 Å². The van der Waals surface area contributed by atoms with E-state index in [4.69, 9.17) is 10.2 Å². The summed E-state index contributed by atoms with van der Waals surface area (Å²) in [5.41, 5.74) is 0. The molecule has 38 heavy (non-hydrogen) atoms. The van der Waals surface area contributed by atoms with Gasteiger partial charge in [-0.25, -0.2) is 0 Å². The zero-order valence-corrected chi connectivity index (χ0v) is 21.1. The van der Waals surface area contributed by atoms with Crippen LogP contribution in [0.15, 0.2) is 0 Å². The fourth-order valence-electron chi connectivity index (χ4n) is 4.36. The van der Waals surface area contributed by atoms with Crippen LogP contribution in [0.1, 0.15) is 25.7 Å². The molecule has 0 aromatic rings. The summed E-state index contributed by atoms with van der Waals surface area (Å²) in [6.07, 6.45) is -3.00. The Hall–Kier alpha value is -2.89. The van der Waals surface area contributed by atoms with Crippen molar-refractivity contribution >= 4 is 29.8 Å². The smallest absolute Gasteiger partial charge is 0.320 e. The van der Waals surface area contributed by atoms with Crippen molar-refractivity contribution in [3.8, 4) is 0 Å². The molecule has 0 saturated carbocycles. The lowest BCUT2D eigenvalue weighted by Crippen LogP contribution is -2.54. The van der Waals surface area contributed by atoms with Gasteiger partial charge in [-0.3, -0.25) is 43.6 Å². The largest absolute Gasteiger partial charge is 0.481 e. The van der Waals surface area contributed by atoms with Gasteiger partial charge in [0, 0.05) is 71.7 Å². The molecule has 1 aliphatic heterocycles. The molecule has 218 valence electrons. The molecule has 16 nitrogen and oxygen atoms in total. The van der Waals surface area contributed by atoms with Gasteiger partial charge in [-0.1, -0.05) is 0 Å². The van der Waals surface area contributed by atoms with Gasteiger partial charge in [-0.15, -0.1) is 0 Å². The van der Waals surface area contributed by atoms with Gasteiger partial charge in [0.1, 0.15) is 12.1 Å². The first kappa shape index (κ1) is 33.1. The first-order valence-corrected chi connectivity index (χ1v) is 12.2. The average Bonchev–Trinajstić information content (AvgIpc) is 2.78. The summed E-state index contributed by atoms with van der Waals surface area (Å²) in [4.78, 5) is 63.8. The van der Waals surface area contributed by atoms with Gasteiger partial charge in [0.15, 0.2) is 6.29 Å². The maximum absolute atomic E-state index is 12.0. The van der Waals surface area contributed by atoms with Crippen molar-refractivity contribution in [3.63, 3.8) is 0 Å². The summed E-state index contributed by atoms with van der Waals surface area (Å²) in [6.45, 7) is 0.0997. The predicted octanol–water partition coefficient (Wildman–Crippen LogP) is -2.76. The molecule has 0 amide bonds. The zero-order valence-electron chi connectivity index (χ0n) is 21.1. The van der Waals surface area contributed by atoms with Crippen molar-refractivity contribution in [1.29, 1.82) is 0 Å². The van der Waals surface area contributed by atoms with Gasteiger partial charge in [-0.05, 0) is 12.8 Å². The van der Waals surface area contributed by atoms with E-state index in [1.54, 1.807) is 9.80 Å². The summed E-state index contributed by atoms with van der Waals surface area (Å²) < 4.78 is 0. The Bertz CT molecular complexity index is 811. The van der Waals surface area contributed by atoms with Gasteiger partial charge in [0.2, 0.25) is 0 Å². The molecule has 2 atom stereocenters. The van der Waals surface area contributed by atoms with Crippen LogP contribution in [0.2, 0.25) is 0 Å². The minimum absolute atomic E-state index is 0.0120. The molecule has 0 aromatic carbocycles. The summed E-state index contributed by atoms with van der Waals surface area (Å²) in [7, 11) is 0. The highest BCUT2D eigenvalue weighted by Gasteiger charge is 2.31. The molecule has 1 saturated heterocycles. The predicted molar refractivity (Wildman–Crippen MR) is 128 cm³/mol. The van der Waals surface area contributed by atoms with Crippen molar-refractivity contribution < 1.29 is 59.7 Å². The van der Waals surface area contributed by atoms with E-state index in [0.29, 0.717) is 0 Å². The van der Waals surface area contributed by atoms with E-state index in [0.717, 1.165) is 0 Å². The van der Waals surface area contributed by atoms with Crippen LogP contribution in [0.5, 0.6) is 0 Å². The van der Waals surface area contributed by atoms with Gasteiger partial charge < -0.3 is 35.7 Å². The number of aliphatic hydroxyl groups excluding tert-OH is 1. The fraction of sp³-hybridized carbons (Fsp3) is 0.773. The molecule has 0 radical (unpaired) electrons. The molecule has 1 heterocycles. The number of carboxylic acid groups (broad SMARTS) is 5. The number of aliphatic carboxylic acids is 5. The van der Waals surface area contributed by atoms with Crippen molar-refractivity contribution in [3.05, 3.63) is 0 Å². The van der Waals surface area contributed by atoms with Crippen LogP contribution in [0.25, 0.3) is 0 Å². The molecule has 1 aliphatic rings. The van der Waals surface area contributed by atoms with Crippen LogP contribution in [0.4, 0.5) is 0 Å². The van der Waals surface area contributed by atoms with Crippen molar-refractivity contribution in [2.45, 2.75) is 44.1 Å². The van der Waals surface area contributed by atoms with E-state index in [9.17, 15) is 49.5 Å². The van der Waals surface area contributed by atoms with E-state index in [1.165, 1.54) is 9.80 Å². The number of β-amino-alcohol motifs (C(OH)–C–C–N with tert-alkyl or cyclic N) is 2. The summed E-state index contributed by atoms with van der Waals surface area (Å²) in [6, 6.07) is -2.45. The first-order valence-electron chi connectivity index (χ1n) is 12.2. The number of rotatable bonds is 14. The lowest BCUT2D eigenvalue weighted by Gasteiger charge is -2.37. The Kier molecular flexibility index (Phi) is 14.7. The van der Waals surface area contributed by atoms with Crippen LogP contribution in [0, 0.1) is 0 Å². The number of aliphatic hydroxyl groups is 2. The Balaban J connectivity index is 3.31. The van der Waals surface area contributed by atoms with E-state index in [1.807, 2.05) is 0 Å². The van der Waals surface area contributed by atoms with Crippen molar-refractivity contribution in [2.75, 3.05) is 65.4 Å². The minimum atomic E-state index is -1.70. The van der Waals surface area contributed by atoms with Crippen molar-refractivity contribution in [1.82, 2.24) is 19.6 Å². The normalized spacial score (nSPS) is 19.2. The van der Waals surface area contributed by atoms with E-state index < -0.39 is 61.1 Å². The number of hydrogen-bond donors (Lipinski definition) is 7. The number of carbonyl (C=O) groups is 5. The second-order valence-electron chi connectivity index (χ2n) is 9.10. The highest BCUT2D eigenvalue weighted by molar-refractivity contribution is 5.75. The zero-order chi connectivity index (χ0) is 28.8. The monoisotopic (exact) mass is 550 g/mol. The molecular weight excluding hydrogens is 512 g/mol. The molecule has 1 fully saturated rings. The maximum atomic E-state index is 12.0. The molecule has 7 N–H and O–H groups in total. The Morgan fingerprint density at radius 3 is 1.29 bits per heavy atom. The molecule has 0 aliphatic carbocycles. The third kappa shape index (κ3) is 13.1. The lowest BCUT2D eigenvalue weighted by molar-refractivity contribution is -0.148. The van der Waals surface area contributed by atoms with Crippen LogP contribution in [0.3, 0.4) is 0 Å². The molecule has 0 aromatic heterocycles. The van der Waals surface area contributed by atoms with E-state index >= 15 is 0 Å². The summed E-state index contributed by atoms with van der Waals surface area (Å²) >= 11 is 0. The Morgan fingerprint density at radius 1 is 0.553 bits per heavy atom. The van der Waals surface area contributed by atoms with Crippen LogP contribution in [-0.2, 0) is 24.0 Å². The van der Waals surface area contributed by atoms with Crippen molar-refractivity contribution in [2.24, 2.45) is 0 Å². The second-order valence-corrected chi connectivity index (χ2v) is 9.10.